The number of rotatable bonds is 4. The number of hydrogen-bond donors (Lipinski definition) is 1. The van der Waals surface area contributed by atoms with Gasteiger partial charge in [0.15, 0.2) is 0 Å². The molecule has 2 rings (SSSR count). The summed E-state index contributed by atoms with van der Waals surface area (Å²) in [7, 11) is 3.35. The molecule has 0 aliphatic rings. The Morgan fingerprint density at radius 3 is 2.84 bits per heavy atom. The van der Waals surface area contributed by atoms with Crippen molar-refractivity contribution in [2.75, 3.05) is 25.6 Å². The SMILES string of the molecule is COc1cccc2c(N(C)CC(=O)O)cc(C)nc12. The van der Waals surface area contributed by atoms with Gasteiger partial charge >= 0.3 is 5.97 Å². The number of carboxylic acids is 1. The second-order valence-corrected chi connectivity index (χ2v) is 4.39. The number of anilines is 1. The minimum absolute atomic E-state index is 0.0598. The Kier molecular flexibility index (Phi) is 3.55. The number of hydrogen-bond acceptors (Lipinski definition) is 4. The number of aryl methyl sites for hydroxylation is 1. The predicted octanol–water partition coefficient (Wildman–Crippen LogP) is 2.07. The van der Waals surface area contributed by atoms with Crippen molar-refractivity contribution < 1.29 is 14.6 Å². The maximum absolute atomic E-state index is 10.8. The lowest BCUT2D eigenvalue weighted by molar-refractivity contribution is -0.135. The minimum atomic E-state index is -0.868. The number of ether oxygens (including phenoxy) is 1. The molecule has 0 amide bonds. The Morgan fingerprint density at radius 1 is 1.47 bits per heavy atom. The number of methoxy groups -OCH3 is 1. The third kappa shape index (κ3) is 2.59. The molecule has 5 nitrogen and oxygen atoms in total. The fourth-order valence-electron chi connectivity index (χ4n) is 2.10. The Morgan fingerprint density at radius 2 is 2.21 bits per heavy atom. The van der Waals surface area contributed by atoms with Gasteiger partial charge in [-0.15, -0.1) is 0 Å². The van der Waals surface area contributed by atoms with Crippen molar-refractivity contribution in [3.8, 4) is 5.75 Å². The summed E-state index contributed by atoms with van der Waals surface area (Å²) in [5, 5.41) is 9.79. The predicted molar refractivity (Wildman–Crippen MR) is 73.9 cm³/mol. The number of pyridine rings is 1. The largest absolute Gasteiger partial charge is 0.494 e. The zero-order chi connectivity index (χ0) is 14.0. The van der Waals surface area contributed by atoms with Crippen LogP contribution >= 0.6 is 0 Å². The van der Waals surface area contributed by atoms with Crippen LogP contribution in [0, 0.1) is 6.92 Å². The number of nitrogens with zero attached hydrogens (tertiary/aromatic N) is 2. The molecule has 0 bridgehead atoms. The number of aromatic nitrogens is 1. The van der Waals surface area contributed by atoms with Crippen molar-refractivity contribution in [3.63, 3.8) is 0 Å². The van der Waals surface area contributed by atoms with Gasteiger partial charge in [0.05, 0.1) is 7.11 Å². The van der Waals surface area contributed by atoms with Gasteiger partial charge in [0.1, 0.15) is 17.8 Å². The van der Waals surface area contributed by atoms with E-state index < -0.39 is 5.97 Å². The number of para-hydroxylation sites is 1. The average molecular weight is 260 g/mol. The van der Waals surface area contributed by atoms with Crippen LogP contribution in [0.3, 0.4) is 0 Å². The first kappa shape index (κ1) is 13.1. The molecule has 0 saturated heterocycles. The summed E-state index contributed by atoms with van der Waals surface area (Å²) >= 11 is 0. The molecule has 5 heteroatoms. The molecule has 1 heterocycles. The maximum Gasteiger partial charge on any atom is 0.323 e. The minimum Gasteiger partial charge on any atom is -0.494 e. The van der Waals surface area contributed by atoms with Crippen molar-refractivity contribution in [2.45, 2.75) is 6.92 Å². The zero-order valence-corrected chi connectivity index (χ0v) is 11.2. The van der Waals surface area contributed by atoms with Gasteiger partial charge in [-0.3, -0.25) is 4.79 Å². The smallest absolute Gasteiger partial charge is 0.323 e. The van der Waals surface area contributed by atoms with Crippen molar-refractivity contribution in [2.24, 2.45) is 0 Å². The van der Waals surface area contributed by atoms with E-state index in [1.54, 1.807) is 19.1 Å². The molecule has 2 aromatic rings. The summed E-state index contributed by atoms with van der Waals surface area (Å²) in [5.41, 5.74) is 2.41. The van der Waals surface area contributed by atoms with Crippen molar-refractivity contribution in [3.05, 3.63) is 30.0 Å². The lowest BCUT2D eigenvalue weighted by Gasteiger charge is -2.20. The zero-order valence-electron chi connectivity index (χ0n) is 11.2. The molecule has 0 aliphatic carbocycles. The summed E-state index contributed by atoms with van der Waals surface area (Å²) in [5.74, 6) is -0.181. The van der Waals surface area contributed by atoms with E-state index in [0.29, 0.717) is 5.75 Å². The Bertz CT molecular complexity index is 625. The van der Waals surface area contributed by atoms with Gasteiger partial charge in [-0.2, -0.15) is 0 Å². The number of aliphatic carboxylic acids is 1. The fourth-order valence-corrected chi connectivity index (χ4v) is 2.10. The van der Waals surface area contributed by atoms with Crippen molar-refractivity contribution in [1.29, 1.82) is 0 Å². The highest BCUT2D eigenvalue weighted by atomic mass is 16.5. The van der Waals surface area contributed by atoms with Crippen molar-refractivity contribution in [1.82, 2.24) is 4.98 Å². The Hall–Kier alpha value is -2.30. The normalized spacial score (nSPS) is 10.5. The summed E-state index contributed by atoms with van der Waals surface area (Å²) < 4.78 is 5.30. The van der Waals surface area contributed by atoms with E-state index in [-0.39, 0.29) is 6.54 Å². The quantitative estimate of drug-likeness (QED) is 0.911. The van der Waals surface area contributed by atoms with E-state index in [2.05, 4.69) is 4.98 Å². The second-order valence-electron chi connectivity index (χ2n) is 4.39. The van der Waals surface area contributed by atoms with Crippen LogP contribution in [0.4, 0.5) is 5.69 Å². The molecular weight excluding hydrogens is 244 g/mol. The van der Waals surface area contributed by atoms with Gasteiger partial charge in [-0.1, -0.05) is 12.1 Å². The van der Waals surface area contributed by atoms with E-state index >= 15 is 0 Å². The highest BCUT2D eigenvalue weighted by Gasteiger charge is 2.13. The van der Waals surface area contributed by atoms with E-state index in [1.807, 2.05) is 31.2 Å². The third-order valence-electron chi connectivity index (χ3n) is 2.91. The molecule has 0 radical (unpaired) electrons. The van der Waals surface area contributed by atoms with Gasteiger partial charge in [0.2, 0.25) is 0 Å². The number of carbonyl (C=O) groups is 1. The molecule has 0 spiro atoms. The molecule has 1 N–H and O–H groups in total. The summed E-state index contributed by atoms with van der Waals surface area (Å²) in [6, 6.07) is 7.51. The standard InChI is InChI=1S/C14H16N2O3/c1-9-7-11(16(2)8-13(17)18)10-5-4-6-12(19-3)14(10)15-9/h4-7H,8H2,1-3H3,(H,17,18). The number of fused-ring (bicyclic) bond motifs is 1. The maximum atomic E-state index is 10.8. The molecule has 1 aromatic heterocycles. The van der Waals surface area contributed by atoms with Crippen LogP contribution < -0.4 is 9.64 Å². The van der Waals surface area contributed by atoms with Crippen molar-refractivity contribution >= 4 is 22.6 Å². The highest BCUT2D eigenvalue weighted by Crippen LogP contribution is 2.31. The molecule has 0 saturated carbocycles. The van der Waals surface area contributed by atoms with Gasteiger partial charge in [-0.25, -0.2) is 4.98 Å². The van der Waals surface area contributed by atoms with Crippen LogP contribution in [0.1, 0.15) is 5.69 Å². The van der Waals surface area contributed by atoms with Crippen LogP contribution in [-0.4, -0.2) is 36.8 Å². The highest BCUT2D eigenvalue weighted by molar-refractivity contribution is 5.96. The second kappa shape index (κ2) is 5.14. The summed E-state index contributed by atoms with van der Waals surface area (Å²) in [4.78, 5) is 17.0. The Balaban J connectivity index is 2.63. The summed E-state index contributed by atoms with van der Waals surface area (Å²) in [6.07, 6.45) is 0. The van der Waals surface area contributed by atoms with Gasteiger partial charge in [0.25, 0.3) is 0 Å². The molecule has 0 atom stereocenters. The fraction of sp³-hybridized carbons (Fsp3) is 0.286. The first-order valence-electron chi connectivity index (χ1n) is 5.90. The molecular formula is C14H16N2O3. The number of benzene rings is 1. The molecule has 0 fully saturated rings. The summed E-state index contributed by atoms with van der Waals surface area (Å²) in [6.45, 7) is 1.82. The van der Waals surface area contributed by atoms with Gasteiger partial charge < -0.3 is 14.7 Å². The molecule has 100 valence electrons. The third-order valence-corrected chi connectivity index (χ3v) is 2.91. The van der Waals surface area contributed by atoms with Gasteiger partial charge in [0, 0.05) is 23.8 Å². The molecule has 0 aliphatic heterocycles. The van der Waals surface area contributed by atoms with E-state index in [0.717, 1.165) is 22.3 Å². The van der Waals surface area contributed by atoms with Crippen LogP contribution in [0.5, 0.6) is 5.75 Å². The van der Waals surface area contributed by atoms with Crippen LogP contribution in [0.25, 0.3) is 10.9 Å². The van der Waals surface area contributed by atoms with Crippen LogP contribution in [0.2, 0.25) is 0 Å². The molecule has 1 aromatic carbocycles. The van der Waals surface area contributed by atoms with E-state index in [9.17, 15) is 4.79 Å². The van der Waals surface area contributed by atoms with E-state index in [1.165, 1.54) is 0 Å². The number of likely N-dealkylation sites (N-methyl/N-ethyl adjacent to an activating group) is 1. The van der Waals surface area contributed by atoms with Crippen LogP contribution in [0.15, 0.2) is 24.3 Å². The van der Waals surface area contributed by atoms with Crippen LogP contribution in [-0.2, 0) is 4.79 Å². The monoisotopic (exact) mass is 260 g/mol. The lowest BCUT2D eigenvalue weighted by atomic mass is 10.1. The topological polar surface area (TPSA) is 62.7 Å². The first-order chi connectivity index (χ1) is 9.02. The Labute approximate surface area is 111 Å². The number of carboxylic acid groups (broad SMARTS) is 1. The molecule has 0 unspecified atom stereocenters. The van der Waals surface area contributed by atoms with E-state index in [4.69, 9.17) is 9.84 Å². The first-order valence-corrected chi connectivity index (χ1v) is 5.90. The molecule has 19 heavy (non-hydrogen) atoms. The lowest BCUT2D eigenvalue weighted by Crippen LogP contribution is -2.25. The van der Waals surface area contributed by atoms with Gasteiger partial charge in [-0.05, 0) is 19.1 Å². The average Bonchev–Trinajstić information content (AvgIpc) is 2.36.